The highest BCUT2D eigenvalue weighted by atomic mass is 32.1. The monoisotopic (exact) mass is 452 g/mol. The molecule has 0 fully saturated rings. The smallest absolute Gasteiger partial charge is 0.254 e. The van der Waals surface area contributed by atoms with Gasteiger partial charge in [-0.2, -0.15) is 0 Å². The van der Waals surface area contributed by atoms with Gasteiger partial charge in [0.25, 0.3) is 5.91 Å². The molecule has 0 saturated heterocycles. The van der Waals surface area contributed by atoms with Gasteiger partial charge in [0, 0.05) is 19.7 Å². The normalized spacial score (nSPS) is 19.1. The van der Waals surface area contributed by atoms with E-state index in [1.165, 1.54) is 11.3 Å². The van der Waals surface area contributed by atoms with Gasteiger partial charge in [-0.25, -0.2) is 0 Å². The van der Waals surface area contributed by atoms with Crippen LogP contribution in [0, 0.1) is 0 Å². The molecule has 3 aromatic rings. The van der Waals surface area contributed by atoms with Crippen LogP contribution >= 0.6 is 11.3 Å². The highest BCUT2D eigenvalue weighted by Crippen LogP contribution is 2.45. The van der Waals surface area contributed by atoms with Crippen LogP contribution < -0.4 is 14.8 Å². The van der Waals surface area contributed by atoms with E-state index in [1.807, 2.05) is 24.3 Å². The Kier molecular flexibility index (Phi) is 5.24. The maximum Gasteiger partial charge on any atom is 0.254 e. The van der Waals surface area contributed by atoms with Gasteiger partial charge in [-0.15, -0.1) is 10.2 Å². The van der Waals surface area contributed by atoms with Crippen LogP contribution in [0.2, 0.25) is 0 Å². The number of anilines is 1. The summed E-state index contributed by atoms with van der Waals surface area (Å²) in [6, 6.07) is 12.1. The molecule has 5 rings (SSSR count). The van der Waals surface area contributed by atoms with Crippen molar-refractivity contribution in [2.75, 3.05) is 26.3 Å². The standard InChI is InChI=1S/C22H20N4O5S/c1-26-19(12-7-8-15-16(9-12)31-11-30-15)18(13-5-3-4-6-14(13)21(26)28)20(27)23-22-25-24-17(32-22)10-29-2/h3-9,18-19H,10-11H2,1-2H3,(H,23,25,27)/t18-,19-/m1/s1. The molecule has 0 bridgehead atoms. The van der Waals surface area contributed by atoms with Gasteiger partial charge < -0.3 is 19.1 Å². The highest BCUT2D eigenvalue weighted by Gasteiger charge is 2.43. The number of hydrogen-bond acceptors (Lipinski definition) is 8. The molecule has 1 N–H and O–H groups in total. The fraction of sp³-hybridized carbons (Fsp3) is 0.273. The minimum absolute atomic E-state index is 0.145. The molecule has 0 spiro atoms. The highest BCUT2D eigenvalue weighted by molar-refractivity contribution is 7.15. The van der Waals surface area contributed by atoms with E-state index in [2.05, 4.69) is 15.5 Å². The SMILES string of the molecule is COCc1nnc(NC(=O)[C@@H]2c3ccccc3C(=O)N(C)[C@@H]2c2ccc3c(c2)OCO3)s1. The summed E-state index contributed by atoms with van der Waals surface area (Å²) in [5.41, 5.74) is 1.94. The van der Waals surface area contributed by atoms with Gasteiger partial charge in [0.15, 0.2) is 11.5 Å². The first-order valence-electron chi connectivity index (χ1n) is 9.94. The summed E-state index contributed by atoms with van der Waals surface area (Å²) in [5.74, 6) is 0.142. The molecule has 32 heavy (non-hydrogen) atoms. The van der Waals surface area contributed by atoms with Gasteiger partial charge in [0.05, 0.1) is 12.0 Å². The lowest BCUT2D eigenvalue weighted by atomic mass is 9.79. The molecule has 2 atom stereocenters. The number of methoxy groups -OCH3 is 1. The second-order valence-electron chi connectivity index (χ2n) is 7.46. The van der Waals surface area contributed by atoms with Crippen LogP contribution in [-0.2, 0) is 16.1 Å². The Morgan fingerprint density at radius 1 is 1.22 bits per heavy atom. The van der Waals surface area contributed by atoms with Crippen molar-refractivity contribution in [1.82, 2.24) is 15.1 Å². The molecule has 2 aliphatic heterocycles. The summed E-state index contributed by atoms with van der Waals surface area (Å²) in [6.45, 7) is 0.461. The van der Waals surface area contributed by atoms with Crippen molar-refractivity contribution in [3.8, 4) is 11.5 Å². The van der Waals surface area contributed by atoms with Gasteiger partial charge in [-0.05, 0) is 29.3 Å². The predicted octanol–water partition coefficient (Wildman–Crippen LogP) is 2.96. The number of nitrogens with one attached hydrogen (secondary N) is 1. The molecule has 0 saturated carbocycles. The molecule has 1 aromatic heterocycles. The van der Waals surface area contributed by atoms with Gasteiger partial charge >= 0.3 is 0 Å². The number of fused-ring (bicyclic) bond motifs is 2. The summed E-state index contributed by atoms with van der Waals surface area (Å²) in [4.78, 5) is 28.3. The Hall–Kier alpha value is -3.50. The molecule has 2 aromatic carbocycles. The lowest BCUT2D eigenvalue weighted by molar-refractivity contribution is -0.119. The fourth-order valence-corrected chi connectivity index (χ4v) is 4.85. The zero-order valence-electron chi connectivity index (χ0n) is 17.4. The minimum atomic E-state index is -0.663. The number of hydrogen-bond donors (Lipinski definition) is 1. The average molecular weight is 452 g/mol. The van der Waals surface area contributed by atoms with Crippen molar-refractivity contribution in [1.29, 1.82) is 0 Å². The number of nitrogens with zero attached hydrogens (tertiary/aromatic N) is 3. The summed E-state index contributed by atoms with van der Waals surface area (Å²) in [6.07, 6.45) is 0. The first-order valence-corrected chi connectivity index (χ1v) is 10.8. The quantitative estimate of drug-likeness (QED) is 0.635. The predicted molar refractivity (Wildman–Crippen MR) is 116 cm³/mol. The molecule has 3 heterocycles. The number of ether oxygens (including phenoxy) is 3. The van der Waals surface area contributed by atoms with E-state index in [9.17, 15) is 9.59 Å². The molecular formula is C22H20N4O5S. The summed E-state index contributed by atoms with van der Waals surface area (Å²) < 4.78 is 16.0. The van der Waals surface area contributed by atoms with Crippen molar-refractivity contribution in [2.45, 2.75) is 18.6 Å². The largest absolute Gasteiger partial charge is 0.454 e. The van der Waals surface area contributed by atoms with Crippen LogP contribution in [0.15, 0.2) is 42.5 Å². The lowest BCUT2D eigenvalue weighted by Gasteiger charge is -2.39. The Labute approximate surface area is 187 Å². The zero-order valence-corrected chi connectivity index (χ0v) is 18.2. The van der Waals surface area contributed by atoms with Crippen molar-refractivity contribution in [3.05, 3.63) is 64.2 Å². The Morgan fingerprint density at radius 2 is 2.03 bits per heavy atom. The number of amides is 2. The summed E-state index contributed by atoms with van der Waals surface area (Å²) >= 11 is 1.25. The average Bonchev–Trinajstić information content (AvgIpc) is 3.45. The Balaban J connectivity index is 1.55. The molecule has 10 heteroatoms. The number of carbonyl (C=O) groups is 2. The topological polar surface area (TPSA) is 103 Å². The van der Waals surface area contributed by atoms with Crippen LogP contribution in [-0.4, -0.2) is 47.9 Å². The van der Waals surface area contributed by atoms with E-state index >= 15 is 0 Å². The maximum atomic E-state index is 13.6. The fourth-order valence-electron chi connectivity index (χ4n) is 4.14. The molecular weight excluding hydrogens is 432 g/mol. The van der Waals surface area contributed by atoms with Crippen LogP contribution in [0.4, 0.5) is 5.13 Å². The first kappa shape index (κ1) is 20.4. The number of likely N-dealkylation sites (N-methyl/N-ethyl adjacent to an activating group) is 1. The molecule has 9 nitrogen and oxygen atoms in total. The second-order valence-corrected chi connectivity index (χ2v) is 8.52. The van der Waals surface area contributed by atoms with Crippen LogP contribution in [0.3, 0.4) is 0 Å². The molecule has 2 amide bonds. The van der Waals surface area contributed by atoms with Crippen molar-refractivity contribution in [2.24, 2.45) is 0 Å². The van der Waals surface area contributed by atoms with E-state index in [0.717, 1.165) is 5.56 Å². The van der Waals surface area contributed by atoms with E-state index in [1.54, 1.807) is 37.3 Å². The van der Waals surface area contributed by atoms with Crippen LogP contribution in [0.1, 0.15) is 38.5 Å². The van der Waals surface area contributed by atoms with E-state index in [-0.39, 0.29) is 18.6 Å². The number of carbonyl (C=O) groups excluding carboxylic acids is 2. The lowest BCUT2D eigenvalue weighted by Crippen LogP contribution is -2.44. The number of rotatable bonds is 5. The van der Waals surface area contributed by atoms with Gasteiger partial charge in [-0.1, -0.05) is 35.6 Å². The summed E-state index contributed by atoms with van der Waals surface area (Å²) in [7, 11) is 3.27. The Morgan fingerprint density at radius 3 is 2.88 bits per heavy atom. The van der Waals surface area contributed by atoms with Crippen molar-refractivity contribution >= 4 is 28.3 Å². The van der Waals surface area contributed by atoms with E-state index < -0.39 is 12.0 Å². The van der Waals surface area contributed by atoms with Gasteiger partial charge in [0.2, 0.25) is 17.8 Å². The third-order valence-electron chi connectivity index (χ3n) is 5.57. The van der Waals surface area contributed by atoms with Crippen molar-refractivity contribution in [3.63, 3.8) is 0 Å². The Bertz CT molecular complexity index is 1200. The third-order valence-corrected chi connectivity index (χ3v) is 6.38. The third kappa shape index (κ3) is 3.47. The maximum absolute atomic E-state index is 13.6. The van der Waals surface area contributed by atoms with Crippen molar-refractivity contribution < 1.29 is 23.8 Å². The molecule has 2 aliphatic rings. The second kappa shape index (κ2) is 8.21. The van der Waals surface area contributed by atoms with Gasteiger partial charge in [0.1, 0.15) is 11.6 Å². The van der Waals surface area contributed by atoms with Crippen LogP contribution in [0.5, 0.6) is 11.5 Å². The first-order chi connectivity index (χ1) is 15.6. The summed E-state index contributed by atoms with van der Waals surface area (Å²) in [5, 5.41) is 12.0. The minimum Gasteiger partial charge on any atom is -0.454 e. The zero-order chi connectivity index (χ0) is 22.2. The van der Waals surface area contributed by atoms with E-state index in [0.29, 0.717) is 39.4 Å². The molecule has 0 unspecified atom stereocenters. The van der Waals surface area contributed by atoms with Gasteiger partial charge in [-0.3, -0.25) is 14.9 Å². The number of aromatic nitrogens is 2. The van der Waals surface area contributed by atoms with Crippen LogP contribution in [0.25, 0.3) is 0 Å². The van der Waals surface area contributed by atoms with E-state index in [4.69, 9.17) is 14.2 Å². The number of benzene rings is 2. The molecule has 0 aliphatic carbocycles. The molecule has 164 valence electrons. The molecule has 0 radical (unpaired) electrons.